The third-order valence-electron chi connectivity index (χ3n) is 2.22. The molecule has 2 aromatic rings. The van der Waals surface area contributed by atoms with Gasteiger partial charge in [-0.2, -0.15) is 0 Å². The molecule has 0 N–H and O–H groups in total. The number of fused-ring (bicyclic) bond motifs is 1. The fraction of sp³-hybridized carbons (Fsp3) is 0.364. The van der Waals surface area contributed by atoms with E-state index in [0.717, 1.165) is 12.1 Å². The second-order valence-corrected chi connectivity index (χ2v) is 3.21. The molecule has 2 nitrogen and oxygen atoms in total. The van der Waals surface area contributed by atoms with Crippen LogP contribution in [0.15, 0.2) is 24.5 Å². The monoisotopic (exact) mass is 173 g/mol. The summed E-state index contributed by atoms with van der Waals surface area (Å²) in [5.41, 5.74) is 2.26. The molecule has 0 aliphatic carbocycles. The number of aryl methyl sites for hydroxylation is 1. The molecule has 0 aliphatic rings. The van der Waals surface area contributed by atoms with Crippen LogP contribution in [0.25, 0.3) is 11.0 Å². The van der Waals surface area contributed by atoms with Crippen molar-refractivity contribution in [1.82, 2.24) is 9.55 Å². The number of unbranched alkanes of at least 4 members (excludes halogenated alkanes) is 1. The van der Waals surface area contributed by atoms with Gasteiger partial charge >= 0.3 is 0 Å². The standard InChI is InChI=1S/C11H13N2/c1-2-3-8-13-9-12-10-6-4-5-7-11(10)13/h4,6-7,9H,2-3,8H2,1H3. The van der Waals surface area contributed by atoms with Gasteiger partial charge in [-0.15, -0.1) is 0 Å². The van der Waals surface area contributed by atoms with Gasteiger partial charge in [0, 0.05) is 6.54 Å². The Morgan fingerprint density at radius 2 is 2.46 bits per heavy atom. The highest BCUT2D eigenvalue weighted by atomic mass is 15.0. The van der Waals surface area contributed by atoms with Crippen LogP contribution in [0, 0.1) is 6.07 Å². The van der Waals surface area contributed by atoms with E-state index in [9.17, 15) is 0 Å². The predicted molar refractivity (Wildman–Crippen MR) is 53.5 cm³/mol. The van der Waals surface area contributed by atoms with Gasteiger partial charge in [0.2, 0.25) is 0 Å². The normalized spacial score (nSPS) is 10.8. The first kappa shape index (κ1) is 8.30. The molecule has 1 radical (unpaired) electrons. The Balaban J connectivity index is 2.35. The number of imidazole rings is 1. The van der Waals surface area contributed by atoms with Gasteiger partial charge in [0.05, 0.1) is 17.4 Å². The van der Waals surface area contributed by atoms with Crippen molar-refractivity contribution < 1.29 is 0 Å². The maximum absolute atomic E-state index is 4.31. The van der Waals surface area contributed by atoms with E-state index in [4.69, 9.17) is 0 Å². The van der Waals surface area contributed by atoms with Crippen molar-refractivity contribution in [3.8, 4) is 0 Å². The number of hydrogen-bond donors (Lipinski definition) is 0. The van der Waals surface area contributed by atoms with Gasteiger partial charge in [-0.3, -0.25) is 0 Å². The molecule has 1 aromatic heterocycles. The fourth-order valence-corrected chi connectivity index (χ4v) is 1.45. The van der Waals surface area contributed by atoms with Crippen molar-refractivity contribution in [2.24, 2.45) is 0 Å². The molecule has 1 heterocycles. The lowest BCUT2D eigenvalue weighted by atomic mass is 10.3. The molecule has 1 aromatic carbocycles. The molecule has 2 rings (SSSR count). The molecule has 2 heteroatoms. The van der Waals surface area contributed by atoms with Crippen LogP contribution >= 0.6 is 0 Å². The molecular weight excluding hydrogens is 160 g/mol. The van der Waals surface area contributed by atoms with Crippen LogP contribution in [0.1, 0.15) is 19.8 Å². The van der Waals surface area contributed by atoms with E-state index in [1.807, 2.05) is 24.5 Å². The first-order valence-electron chi connectivity index (χ1n) is 4.72. The van der Waals surface area contributed by atoms with E-state index < -0.39 is 0 Å². The summed E-state index contributed by atoms with van der Waals surface area (Å²) in [6.45, 7) is 3.26. The molecule has 0 saturated heterocycles. The topological polar surface area (TPSA) is 17.8 Å². The van der Waals surface area contributed by atoms with Crippen molar-refractivity contribution in [2.75, 3.05) is 0 Å². The lowest BCUT2D eigenvalue weighted by Gasteiger charge is -2.01. The zero-order valence-electron chi connectivity index (χ0n) is 7.83. The SMILES string of the molecule is CCCCn1cnc2cc[c]cc21. The molecule has 0 saturated carbocycles. The molecule has 0 spiro atoms. The summed E-state index contributed by atoms with van der Waals surface area (Å²) in [7, 11) is 0. The third kappa shape index (κ3) is 1.57. The summed E-state index contributed by atoms with van der Waals surface area (Å²) in [4.78, 5) is 4.31. The largest absolute Gasteiger partial charge is 0.331 e. The zero-order chi connectivity index (χ0) is 9.10. The van der Waals surface area contributed by atoms with Crippen LogP contribution in [0.3, 0.4) is 0 Å². The highest BCUT2D eigenvalue weighted by Gasteiger charge is 1.99. The average molecular weight is 173 g/mol. The number of rotatable bonds is 3. The van der Waals surface area contributed by atoms with Crippen LogP contribution in [0.4, 0.5) is 0 Å². The second kappa shape index (κ2) is 3.60. The van der Waals surface area contributed by atoms with Gasteiger partial charge in [0.15, 0.2) is 0 Å². The predicted octanol–water partition coefficient (Wildman–Crippen LogP) is 2.64. The summed E-state index contributed by atoms with van der Waals surface area (Å²) in [6, 6.07) is 8.98. The van der Waals surface area contributed by atoms with Crippen LogP contribution in [-0.2, 0) is 6.54 Å². The minimum Gasteiger partial charge on any atom is -0.331 e. The van der Waals surface area contributed by atoms with E-state index >= 15 is 0 Å². The van der Waals surface area contributed by atoms with Crippen molar-refractivity contribution in [3.63, 3.8) is 0 Å². The summed E-state index contributed by atoms with van der Waals surface area (Å²) in [6.07, 6.45) is 4.34. The van der Waals surface area contributed by atoms with E-state index in [1.54, 1.807) is 0 Å². The lowest BCUT2D eigenvalue weighted by Crippen LogP contribution is -1.94. The molecule has 0 unspecified atom stereocenters. The van der Waals surface area contributed by atoms with Crippen LogP contribution in [0.2, 0.25) is 0 Å². The van der Waals surface area contributed by atoms with Gasteiger partial charge in [-0.05, 0) is 24.6 Å². The molecule has 0 bridgehead atoms. The van der Waals surface area contributed by atoms with E-state index in [2.05, 4.69) is 22.5 Å². The van der Waals surface area contributed by atoms with Crippen LogP contribution < -0.4 is 0 Å². The van der Waals surface area contributed by atoms with Crippen molar-refractivity contribution in [2.45, 2.75) is 26.3 Å². The minimum absolute atomic E-state index is 1.06. The molecule has 13 heavy (non-hydrogen) atoms. The van der Waals surface area contributed by atoms with E-state index in [-0.39, 0.29) is 0 Å². The Labute approximate surface area is 78.2 Å². The van der Waals surface area contributed by atoms with Gasteiger partial charge in [-0.1, -0.05) is 19.4 Å². The first-order valence-corrected chi connectivity index (χ1v) is 4.72. The molecule has 0 amide bonds. The Morgan fingerprint density at radius 1 is 1.54 bits per heavy atom. The number of benzene rings is 1. The van der Waals surface area contributed by atoms with Gasteiger partial charge in [0.1, 0.15) is 0 Å². The van der Waals surface area contributed by atoms with Gasteiger partial charge in [0.25, 0.3) is 0 Å². The third-order valence-corrected chi connectivity index (χ3v) is 2.22. The Kier molecular flexibility index (Phi) is 2.30. The fourth-order valence-electron chi connectivity index (χ4n) is 1.45. The van der Waals surface area contributed by atoms with Crippen molar-refractivity contribution in [1.29, 1.82) is 0 Å². The number of nitrogens with zero attached hydrogens (tertiary/aromatic N) is 2. The van der Waals surface area contributed by atoms with E-state index in [1.165, 1.54) is 18.4 Å². The van der Waals surface area contributed by atoms with Crippen LogP contribution in [-0.4, -0.2) is 9.55 Å². The Bertz CT molecular complexity index is 390. The Hall–Kier alpha value is -1.31. The van der Waals surface area contributed by atoms with E-state index in [0.29, 0.717) is 0 Å². The minimum atomic E-state index is 1.06. The lowest BCUT2D eigenvalue weighted by molar-refractivity contribution is 0.646. The summed E-state index contributed by atoms with van der Waals surface area (Å²) < 4.78 is 2.19. The van der Waals surface area contributed by atoms with Crippen LogP contribution in [0.5, 0.6) is 0 Å². The molecule has 0 fully saturated rings. The van der Waals surface area contributed by atoms with Gasteiger partial charge in [-0.25, -0.2) is 4.98 Å². The van der Waals surface area contributed by atoms with Crippen molar-refractivity contribution in [3.05, 3.63) is 30.6 Å². The number of aromatic nitrogens is 2. The summed E-state index contributed by atoms with van der Waals surface area (Å²) in [5.74, 6) is 0. The highest BCUT2D eigenvalue weighted by molar-refractivity contribution is 5.74. The Morgan fingerprint density at radius 3 is 3.31 bits per heavy atom. The second-order valence-electron chi connectivity index (χ2n) is 3.21. The summed E-state index contributed by atoms with van der Waals surface area (Å²) >= 11 is 0. The quantitative estimate of drug-likeness (QED) is 0.697. The summed E-state index contributed by atoms with van der Waals surface area (Å²) in [5, 5.41) is 0. The maximum Gasteiger partial charge on any atom is 0.0958 e. The smallest absolute Gasteiger partial charge is 0.0958 e. The first-order chi connectivity index (χ1) is 6.42. The van der Waals surface area contributed by atoms with Gasteiger partial charge < -0.3 is 4.57 Å². The highest BCUT2D eigenvalue weighted by Crippen LogP contribution is 2.11. The zero-order valence-corrected chi connectivity index (χ0v) is 7.83. The maximum atomic E-state index is 4.31. The molecular formula is C11H13N2. The molecule has 0 aliphatic heterocycles. The number of hydrogen-bond acceptors (Lipinski definition) is 1. The van der Waals surface area contributed by atoms with Crippen molar-refractivity contribution >= 4 is 11.0 Å². The molecule has 0 atom stereocenters. The average Bonchev–Trinajstić information content (AvgIpc) is 2.58. The molecule has 67 valence electrons.